The molecule has 0 saturated heterocycles. The van der Waals surface area contributed by atoms with Gasteiger partial charge in [0, 0.05) is 10.9 Å². The van der Waals surface area contributed by atoms with Crippen LogP contribution in [-0.4, -0.2) is 5.11 Å². The zero-order valence-corrected chi connectivity index (χ0v) is 11.9. The molecule has 0 aliphatic carbocycles. The monoisotopic (exact) mass is 326 g/mol. The molecule has 2 rings (SSSR count). The molecule has 1 N–H and O–H groups in total. The summed E-state index contributed by atoms with van der Waals surface area (Å²) in [6.45, 7) is 1.93. The normalized spacial score (nSPS) is 12.5. The highest BCUT2D eigenvalue weighted by molar-refractivity contribution is 9.10. The quantitative estimate of drug-likeness (QED) is 0.891. The highest BCUT2D eigenvalue weighted by Crippen LogP contribution is 2.24. The fraction of sp³-hybridized carbons (Fsp3) is 0.200. The zero-order valence-electron chi connectivity index (χ0n) is 10.3. The van der Waals surface area contributed by atoms with Gasteiger partial charge in [-0.25, -0.2) is 8.78 Å². The van der Waals surface area contributed by atoms with Gasteiger partial charge in [-0.3, -0.25) is 0 Å². The van der Waals surface area contributed by atoms with E-state index in [2.05, 4.69) is 15.9 Å². The lowest BCUT2D eigenvalue weighted by Crippen LogP contribution is -2.03. The molecule has 0 heterocycles. The first-order chi connectivity index (χ1) is 8.97. The number of halogens is 3. The topological polar surface area (TPSA) is 20.2 Å². The van der Waals surface area contributed by atoms with Gasteiger partial charge in [-0.2, -0.15) is 0 Å². The summed E-state index contributed by atoms with van der Waals surface area (Å²) in [7, 11) is 0. The third-order valence-electron chi connectivity index (χ3n) is 2.98. The maximum absolute atomic E-state index is 13.1. The molecule has 1 nitrogen and oxygen atoms in total. The summed E-state index contributed by atoms with van der Waals surface area (Å²) in [5.74, 6) is -1.77. The maximum atomic E-state index is 13.1. The molecular weight excluding hydrogens is 314 g/mol. The van der Waals surface area contributed by atoms with E-state index in [1.54, 1.807) is 0 Å². The Morgan fingerprint density at radius 2 is 1.84 bits per heavy atom. The largest absolute Gasteiger partial charge is 0.388 e. The smallest absolute Gasteiger partial charge is 0.159 e. The second-order valence-corrected chi connectivity index (χ2v) is 5.33. The number of benzene rings is 2. The molecule has 0 aromatic heterocycles. The zero-order chi connectivity index (χ0) is 14.0. The lowest BCUT2D eigenvalue weighted by atomic mass is 10.00. The number of rotatable bonds is 3. The fourth-order valence-electron chi connectivity index (χ4n) is 1.88. The predicted octanol–water partition coefficient (Wildman–Crippen LogP) is 4.31. The van der Waals surface area contributed by atoms with Crippen LogP contribution in [0.2, 0.25) is 0 Å². The van der Waals surface area contributed by atoms with Crippen LogP contribution < -0.4 is 0 Å². The highest BCUT2D eigenvalue weighted by atomic mass is 79.9. The molecule has 0 bridgehead atoms. The van der Waals surface area contributed by atoms with Crippen molar-refractivity contribution in [3.63, 3.8) is 0 Å². The van der Waals surface area contributed by atoms with Gasteiger partial charge in [-0.05, 0) is 41.8 Å². The minimum atomic E-state index is -0.892. The van der Waals surface area contributed by atoms with Gasteiger partial charge in [-0.15, -0.1) is 0 Å². The molecule has 0 aliphatic rings. The lowest BCUT2D eigenvalue weighted by Gasteiger charge is -2.12. The van der Waals surface area contributed by atoms with Crippen molar-refractivity contribution in [1.82, 2.24) is 0 Å². The van der Waals surface area contributed by atoms with E-state index in [-0.39, 0.29) is 6.42 Å². The van der Waals surface area contributed by atoms with Crippen molar-refractivity contribution in [3.8, 4) is 0 Å². The molecule has 0 fully saturated rings. The van der Waals surface area contributed by atoms with Crippen LogP contribution in [0.1, 0.15) is 22.8 Å². The van der Waals surface area contributed by atoms with Crippen molar-refractivity contribution < 1.29 is 13.9 Å². The number of aliphatic hydroxyl groups is 1. The van der Waals surface area contributed by atoms with E-state index in [0.717, 1.165) is 27.7 Å². The van der Waals surface area contributed by atoms with Crippen LogP contribution in [0.25, 0.3) is 0 Å². The molecule has 0 radical (unpaired) electrons. The van der Waals surface area contributed by atoms with Gasteiger partial charge >= 0.3 is 0 Å². The second kappa shape index (κ2) is 5.80. The van der Waals surface area contributed by atoms with Gasteiger partial charge in [0.2, 0.25) is 0 Å². The highest BCUT2D eigenvalue weighted by Gasteiger charge is 2.11. The van der Waals surface area contributed by atoms with Crippen molar-refractivity contribution in [2.75, 3.05) is 0 Å². The molecule has 4 heteroatoms. The number of hydrogen-bond acceptors (Lipinski definition) is 1. The van der Waals surface area contributed by atoms with Crippen molar-refractivity contribution in [3.05, 3.63) is 69.2 Å². The van der Waals surface area contributed by atoms with Crippen LogP contribution in [0.5, 0.6) is 0 Å². The van der Waals surface area contributed by atoms with E-state index in [1.165, 1.54) is 6.07 Å². The summed E-state index contributed by atoms with van der Waals surface area (Å²) < 4.78 is 26.9. The van der Waals surface area contributed by atoms with Gasteiger partial charge in [0.05, 0.1) is 6.10 Å². The summed E-state index contributed by atoms with van der Waals surface area (Å²) in [4.78, 5) is 0. The Balaban J connectivity index is 2.17. The first-order valence-electron chi connectivity index (χ1n) is 5.85. The minimum absolute atomic E-state index is 0.248. The Kier molecular flexibility index (Phi) is 4.32. The fourth-order valence-corrected chi connectivity index (χ4v) is 2.13. The lowest BCUT2D eigenvalue weighted by molar-refractivity contribution is 0.178. The Hall–Kier alpha value is -1.26. The van der Waals surface area contributed by atoms with Crippen molar-refractivity contribution in [2.45, 2.75) is 19.4 Å². The number of aliphatic hydroxyl groups excluding tert-OH is 1. The molecular formula is C15H13BrF2O. The van der Waals surface area contributed by atoms with E-state index >= 15 is 0 Å². The van der Waals surface area contributed by atoms with Crippen LogP contribution >= 0.6 is 15.9 Å². The number of hydrogen-bond donors (Lipinski definition) is 1. The Labute approximate surface area is 119 Å². The Bertz CT molecular complexity index is 599. The van der Waals surface area contributed by atoms with Gasteiger partial charge in [0.1, 0.15) is 0 Å². The Morgan fingerprint density at radius 3 is 2.47 bits per heavy atom. The molecule has 0 spiro atoms. The van der Waals surface area contributed by atoms with E-state index in [9.17, 15) is 13.9 Å². The maximum Gasteiger partial charge on any atom is 0.159 e. The molecule has 0 amide bonds. The van der Waals surface area contributed by atoms with E-state index in [4.69, 9.17) is 0 Å². The van der Waals surface area contributed by atoms with Crippen LogP contribution in [0.4, 0.5) is 8.78 Å². The summed E-state index contributed by atoms with van der Waals surface area (Å²) in [5, 5.41) is 10.1. The van der Waals surface area contributed by atoms with Crippen molar-refractivity contribution in [1.29, 1.82) is 0 Å². The van der Waals surface area contributed by atoms with E-state index < -0.39 is 17.7 Å². The standard InChI is InChI=1S/C15H13BrF2O/c1-9-6-11(3-4-12(9)16)15(19)8-10-2-5-13(17)14(18)7-10/h2-7,15,19H,8H2,1H3. The van der Waals surface area contributed by atoms with Gasteiger partial charge < -0.3 is 5.11 Å². The van der Waals surface area contributed by atoms with E-state index in [0.29, 0.717) is 5.56 Å². The summed E-state index contributed by atoms with van der Waals surface area (Å²) in [5.41, 5.74) is 2.33. The molecule has 100 valence electrons. The van der Waals surface area contributed by atoms with E-state index in [1.807, 2.05) is 25.1 Å². The summed E-state index contributed by atoms with van der Waals surface area (Å²) >= 11 is 3.39. The van der Waals surface area contributed by atoms with Crippen molar-refractivity contribution >= 4 is 15.9 Å². The predicted molar refractivity (Wildman–Crippen MR) is 73.9 cm³/mol. The molecule has 1 atom stereocenters. The molecule has 0 aliphatic heterocycles. The first kappa shape index (κ1) is 14.2. The summed E-state index contributed by atoms with van der Waals surface area (Å²) in [6.07, 6.45) is -0.491. The van der Waals surface area contributed by atoms with Crippen LogP contribution in [0.3, 0.4) is 0 Å². The second-order valence-electron chi connectivity index (χ2n) is 4.48. The van der Waals surface area contributed by atoms with Crippen LogP contribution in [0.15, 0.2) is 40.9 Å². The average molecular weight is 327 g/mol. The van der Waals surface area contributed by atoms with Crippen LogP contribution in [0, 0.1) is 18.6 Å². The number of aryl methyl sites for hydroxylation is 1. The van der Waals surface area contributed by atoms with Gasteiger partial charge in [-0.1, -0.05) is 34.1 Å². The molecule has 2 aromatic rings. The SMILES string of the molecule is Cc1cc(C(O)Cc2ccc(F)c(F)c2)ccc1Br. The molecule has 2 aromatic carbocycles. The van der Waals surface area contributed by atoms with Gasteiger partial charge in [0.25, 0.3) is 0 Å². The van der Waals surface area contributed by atoms with Gasteiger partial charge in [0.15, 0.2) is 11.6 Å². The Morgan fingerprint density at radius 1 is 1.11 bits per heavy atom. The average Bonchev–Trinajstić information content (AvgIpc) is 2.37. The molecule has 1 unspecified atom stereocenters. The third kappa shape index (κ3) is 3.39. The van der Waals surface area contributed by atoms with Crippen LogP contribution in [-0.2, 0) is 6.42 Å². The van der Waals surface area contributed by atoms with Crippen molar-refractivity contribution in [2.24, 2.45) is 0 Å². The molecule has 19 heavy (non-hydrogen) atoms. The molecule has 0 saturated carbocycles. The minimum Gasteiger partial charge on any atom is -0.388 e. The summed E-state index contributed by atoms with van der Waals surface area (Å²) in [6, 6.07) is 9.21. The third-order valence-corrected chi connectivity index (χ3v) is 3.87. The first-order valence-corrected chi connectivity index (χ1v) is 6.64.